The second-order valence-electron chi connectivity index (χ2n) is 4.18. The summed E-state index contributed by atoms with van der Waals surface area (Å²) in [5.74, 6) is 0.172. The van der Waals surface area contributed by atoms with Crippen molar-refractivity contribution in [3.8, 4) is 0 Å². The van der Waals surface area contributed by atoms with Crippen LogP contribution >= 0.6 is 11.6 Å². The Balaban J connectivity index is 1.79. The van der Waals surface area contributed by atoms with Gasteiger partial charge in [0.05, 0.1) is 0 Å². The van der Waals surface area contributed by atoms with Gasteiger partial charge >= 0.3 is 0 Å². The average Bonchev–Trinajstić information content (AvgIpc) is 2.99. The Morgan fingerprint density at radius 1 is 1.53 bits per heavy atom. The molecule has 1 saturated carbocycles. The van der Waals surface area contributed by atoms with Crippen LogP contribution < -0.4 is 10.6 Å². The first kappa shape index (κ1) is 12.3. The van der Waals surface area contributed by atoms with Crippen molar-refractivity contribution in [2.24, 2.45) is 0 Å². The summed E-state index contributed by atoms with van der Waals surface area (Å²) >= 11 is 5.77. The lowest BCUT2D eigenvalue weighted by Gasteiger charge is -2.05. The number of hydrogen-bond acceptors (Lipinski definition) is 4. The van der Waals surface area contributed by atoms with Crippen LogP contribution in [0, 0.1) is 6.92 Å². The third-order valence-corrected chi connectivity index (χ3v) is 2.63. The summed E-state index contributed by atoms with van der Waals surface area (Å²) in [6.45, 7) is 2.49. The summed E-state index contributed by atoms with van der Waals surface area (Å²) < 4.78 is 0. The number of carbonyl (C=O) groups excluding carboxylic acids is 1. The number of anilines is 1. The van der Waals surface area contributed by atoms with Gasteiger partial charge in [-0.1, -0.05) is 11.6 Å². The fourth-order valence-electron chi connectivity index (χ4n) is 1.45. The zero-order valence-corrected chi connectivity index (χ0v) is 10.4. The predicted molar refractivity (Wildman–Crippen MR) is 66.1 cm³/mol. The molecule has 0 atom stereocenters. The number of aryl methyl sites for hydroxylation is 1. The molecule has 1 aromatic heterocycles. The molecule has 0 unspecified atom stereocenters. The molecular formula is C11H15ClN4O. The Kier molecular flexibility index (Phi) is 3.91. The van der Waals surface area contributed by atoms with Crippen LogP contribution in [-0.4, -0.2) is 28.5 Å². The van der Waals surface area contributed by atoms with Gasteiger partial charge in [-0.25, -0.2) is 9.97 Å². The van der Waals surface area contributed by atoms with Crippen molar-refractivity contribution >= 4 is 23.5 Å². The number of nitrogens with one attached hydrogen (secondary N) is 2. The van der Waals surface area contributed by atoms with Crippen molar-refractivity contribution in [2.45, 2.75) is 32.2 Å². The summed E-state index contributed by atoms with van der Waals surface area (Å²) in [6.07, 6.45) is 2.86. The maximum Gasteiger partial charge on any atom is 0.231 e. The maximum atomic E-state index is 11.6. The van der Waals surface area contributed by atoms with Gasteiger partial charge in [-0.2, -0.15) is 0 Å². The van der Waals surface area contributed by atoms with E-state index in [0.29, 0.717) is 24.2 Å². The molecular weight excluding hydrogens is 240 g/mol. The minimum atomic E-state index is -0.0974. The van der Waals surface area contributed by atoms with Gasteiger partial charge in [-0.05, 0) is 25.8 Å². The molecule has 0 aromatic carbocycles. The molecule has 1 heterocycles. The lowest BCUT2D eigenvalue weighted by Crippen LogP contribution is -2.23. The number of halogens is 1. The van der Waals surface area contributed by atoms with E-state index in [4.69, 9.17) is 11.6 Å². The zero-order chi connectivity index (χ0) is 12.3. The number of aromatic nitrogens is 2. The highest BCUT2D eigenvalue weighted by molar-refractivity contribution is 6.29. The van der Waals surface area contributed by atoms with Gasteiger partial charge in [0.2, 0.25) is 11.9 Å². The standard InChI is InChI=1S/C11H15ClN4O/c1-7-6-9(12)15-11(14-7)16-10(17)4-5-13-8-2-3-8/h6,8,13H,2-5H2,1H3,(H,14,15,16,17). The van der Waals surface area contributed by atoms with Crippen molar-refractivity contribution in [2.75, 3.05) is 11.9 Å². The largest absolute Gasteiger partial charge is 0.313 e. The average molecular weight is 255 g/mol. The Hall–Kier alpha value is -1.20. The van der Waals surface area contributed by atoms with Crippen LogP contribution in [0.15, 0.2) is 6.07 Å². The molecule has 6 heteroatoms. The molecule has 2 N–H and O–H groups in total. The third kappa shape index (κ3) is 4.28. The number of amides is 1. The molecule has 0 saturated heterocycles. The van der Waals surface area contributed by atoms with Crippen molar-refractivity contribution in [1.82, 2.24) is 15.3 Å². The van der Waals surface area contributed by atoms with Gasteiger partial charge in [0.1, 0.15) is 5.15 Å². The Bertz CT molecular complexity index is 400. The molecule has 1 aromatic rings. The maximum absolute atomic E-state index is 11.6. The molecule has 17 heavy (non-hydrogen) atoms. The van der Waals surface area contributed by atoms with Gasteiger partial charge in [0.25, 0.3) is 0 Å². The van der Waals surface area contributed by atoms with Crippen LogP contribution in [0.3, 0.4) is 0 Å². The lowest BCUT2D eigenvalue weighted by atomic mass is 10.4. The summed E-state index contributed by atoms with van der Waals surface area (Å²) in [4.78, 5) is 19.6. The highest BCUT2D eigenvalue weighted by Crippen LogP contribution is 2.18. The van der Waals surface area contributed by atoms with E-state index in [0.717, 1.165) is 5.69 Å². The zero-order valence-electron chi connectivity index (χ0n) is 9.66. The molecule has 0 spiro atoms. The predicted octanol–water partition coefficient (Wildman–Crippen LogP) is 1.52. The molecule has 92 valence electrons. The van der Waals surface area contributed by atoms with Gasteiger partial charge < -0.3 is 5.32 Å². The third-order valence-electron chi connectivity index (χ3n) is 2.44. The van der Waals surface area contributed by atoms with Crippen molar-refractivity contribution < 1.29 is 4.79 Å². The molecule has 1 fully saturated rings. The van der Waals surface area contributed by atoms with Gasteiger partial charge in [0, 0.05) is 24.7 Å². The monoisotopic (exact) mass is 254 g/mol. The van der Waals surface area contributed by atoms with E-state index in [9.17, 15) is 4.79 Å². The van der Waals surface area contributed by atoms with E-state index in [2.05, 4.69) is 20.6 Å². The fraction of sp³-hybridized carbons (Fsp3) is 0.545. The number of nitrogens with zero attached hydrogens (tertiary/aromatic N) is 2. The Morgan fingerprint density at radius 2 is 2.29 bits per heavy atom. The highest BCUT2D eigenvalue weighted by Gasteiger charge is 2.20. The summed E-state index contributed by atoms with van der Waals surface area (Å²) in [5.41, 5.74) is 0.733. The van der Waals surface area contributed by atoms with E-state index >= 15 is 0 Å². The van der Waals surface area contributed by atoms with Gasteiger partial charge in [0.15, 0.2) is 0 Å². The first-order valence-electron chi connectivity index (χ1n) is 5.68. The van der Waals surface area contributed by atoms with Gasteiger partial charge in [-0.15, -0.1) is 0 Å². The fourth-order valence-corrected chi connectivity index (χ4v) is 1.69. The molecule has 0 bridgehead atoms. The summed E-state index contributed by atoms with van der Waals surface area (Å²) in [6, 6.07) is 2.26. The minimum Gasteiger partial charge on any atom is -0.313 e. The van der Waals surface area contributed by atoms with Crippen LogP contribution in [0.25, 0.3) is 0 Å². The van der Waals surface area contributed by atoms with Crippen molar-refractivity contribution in [3.05, 3.63) is 16.9 Å². The number of carbonyl (C=O) groups is 1. The molecule has 2 rings (SSSR count). The molecule has 5 nitrogen and oxygen atoms in total. The summed E-state index contributed by atoms with van der Waals surface area (Å²) in [5, 5.41) is 6.24. The van der Waals surface area contributed by atoms with E-state index in [1.807, 2.05) is 0 Å². The second kappa shape index (κ2) is 5.42. The van der Waals surface area contributed by atoms with Crippen LogP contribution in [0.4, 0.5) is 5.95 Å². The highest BCUT2D eigenvalue weighted by atomic mass is 35.5. The van der Waals surface area contributed by atoms with Crippen LogP contribution in [0.5, 0.6) is 0 Å². The van der Waals surface area contributed by atoms with E-state index < -0.39 is 0 Å². The topological polar surface area (TPSA) is 66.9 Å². The molecule has 1 aliphatic rings. The first-order chi connectivity index (χ1) is 8.13. The SMILES string of the molecule is Cc1cc(Cl)nc(NC(=O)CCNC2CC2)n1. The Labute approximate surface area is 105 Å². The molecule has 0 aliphatic heterocycles. The van der Waals surface area contributed by atoms with E-state index in [1.54, 1.807) is 13.0 Å². The minimum absolute atomic E-state index is 0.0974. The quantitative estimate of drug-likeness (QED) is 0.782. The van der Waals surface area contributed by atoms with Crippen LogP contribution in [-0.2, 0) is 4.79 Å². The number of hydrogen-bond donors (Lipinski definition) is 2. The molecule has 0 radical (unpaired) electrons. The van der Waals surface area contributed by atoms with E-state index in [1.165, 1.54) is 12.8 Å². The number of rotatable bonds is 5. The first-order valence-corrected chi connectivity index (χ1v) is 6.06. The molecule has 1 aliphatic carbocycles. The summed E-state index contributed by atoms with van der Waals surface area (Å²) in [7, 11) is 0. The lowest BCUT2D eigenvalue weighted by molar-refractivity contribution is -0.116. The second-order valence-corrected chi connectivity index (χ2v) is 4.57. The van der Waals surface area contributed by atoms with Crippen LogP contribution in [0.2, 0.25) is 5.15 Å². The van der Waals surface area contributed by atoms with Crippen LogP contribution in [0.1, 0.15) is 25.0 Å². The smallest absolute Gasteiger partial charge is 0.231 e. The normalized spacial score (nSPS) is 14.7. The molecule has 1 amide bonds. The van der Waals surface area contributed by atoms with Gasteiger partial charge in [-0.3, -0.25) is 10.1 Å². The Morgan fingerprint density at radius 3 is 2.94 bits per heavy atom. The van der Waals surface area contributed by atoms with Crippen molar-refractivity contribution in [3.63, 3.8) is 0 Å². The van der Waals surface area contributed by atoms with E-state index in [-0.39, 0.29) is 11.9 Å². The van der Waals surface area contributed by atoms with Crippen molar-refractivity contribution in [1.29, 1.82) is 0 Å².